The van der Waals surface area contributed by atoms with Crippen molar-refractivity contribution in [2.45, 2.75) is 12.8 Å². The number of halogens is 2. The number of piperidine rings is 1. The Labute approximate surface area is 131 Å². The molecule has 21 heavy (non-hydrogen) atoms. The van der Waals surface area contributed by atoms with Gasteiger partial charge in [-0.15, -0.1) is 0 Å². The van der Waals surface area contributed by atoms with Crippen molar-refractivity contribution in [3.63, 3.8) is 0 Å². The van der Waals surface area contributed by atoms with Crippen molar-refractivity contribution in [3.8, 4) is 0 Å². The summed E-state index contributed by atoms with van der Waals surface area (Å²) in [5, 5.41) is 11.6. The maximum absolute atomic E-state index is 11.7. The summed E-state index contributed by atoms with van der Waals surface area (Å²) in [6.07, 6.45) is 1.45. The van der Waals surface area contributed by atoms with Crippen LogP contribution in [0.1, 0.15) is 12.8 Å². The summed E-state index contributed by atoms with van der Waals surface area (Å²) >= 11 is 11.8. The van der Waals surface area contributed by atoms with Gasteiger partial charge in [-0.3, -0.25) is 14.9 Å². The number of anilines is 1. The van der Waals surface area contributed by atoms with Gasteiger partial charge in [0.15, 0.2) is 0 Å². The maximum Gasteiger partial charge on any atom is 0.310 e. The lowest BCUT2D eigenvalue weighted by atomic mass is 9.97. The number of hydrogen-bond donors (Lipinski definition) is 0. The van der Waals surface area contributed by atoms with Crippen LogP contribution in [-0.2, 0) is 9.53 Å². The van der Waals surface area contributed by atoms with Crippen LogP contribution in [0.25, 0.3) is 0 Å². The van der Waals surface area contributed by atoms with Crippen molar-refractivity contribution in [2.24, 2.45) is 5.92 Å². The summed E-state index contributed by atoms with van der Waals surface area (Å²) in [6.45, 7) is 0.984. The number of carbonyl (C=O) groups is 1. The molecule has 1 aliphatic heterocycles. The Bertz CT molecular complexity index is 580. The fourth-order valence-corrected chi connectivity index (χ4v) is 2.80. The molecule has 2 rings (SSSR count). The average Bonchev–Trinajstić information content (AvgIpc) is 2.48. The van der Waals surface area contributed by atoms with E-state index < -0.39 is 4.92 Å². The summed E-state index contributed by atoms with van der Waals surface area (Å²) in [6, 6.07) is 2.71. The molecule has 1 aliphatic rings. The fraction of sp³-hybridized carbons (Fsp3) is 0.462. The van der Waals surface area contributed by atoms with Gasteiger partial charge < -0.3 is 9.64 Å². The van der Waals surface area contributed by atoms with Crippen molar-refractivity contribution in [1.29, 1.82) is 0 Å². The zero-order valence-corrected chi connectivity index (χ0v) is 12.9. The van der Waals surface area contributed by atoms with Crippen molar-refractivity contribution >= 4 is 40.5 Å². The topological polar surface area (TPSA) is 72.7 Å². The zero-order chi connectivity index (χ0) is 15.6. The van der Waals surface area contributed by atoms with Gasteiger partial charge in [-0.2, -0.15) is 0 Å². The van der Waals surface area contributed by atoms with Gasteiger partial charge in [0, 0.05) is 19.2 Å². The molecule has 1 heterocycles. The number of methoxy groups -OCH3 is 1. The Hall–Kier alpha value is -1.53. The predicted octanol–water partition coefficient (Wildman–Crippen LogP) is 3.29. The van der Waals surface area contributed by atoms with Crippen LogP contribution in [0.2, 0.25) is 10.0 Å². The quantitative estimate of drug-likeness (QED) is 0.482. The van der Waals surface area contributed by atoms with E-state index in [0.29, 0.717) is 25.2 Å². The maximum atomic E-state index is 11.7. The monoisotopic (exact) mass is 332 g/mol. The van der Waals surface area contributed by atoms with E-state index in [4.69, 9.17) is 27.9 Å². The minimum Gasteiger partial charge on any atom is -0.469 e. The molecule has 0 aliphatic carbocycles. The van der Waals surface area contributed by atoms with Crippen molar-refractivity contribution in [1.82, 2.24) is 0 Å². The van der Waals surface area contributed by atoms with E-state index in [1.54, 1.807) is 4.90 Å². The Morgan fingerprint density at radius 1 is 1.43 bits per heavy atom. The highest BCUT2D eigenvalue weighted by atomic mass is 35.5. The van der Waals surface area contributed by atoms with Crippen molar-refractivity contribution in [3.05, 3.63) is 32.3 Å². The van der Waals surface area contributed by atoms with Crippen LogP contribution < -0.4 is 4.90 Å². The first-order valence-electron chi connectivity index (χ1n) is 6.40. The molecule has 0 radical (unpaired) electrons. The lowest BCUT2D eigenvalue weighted by molar-refractivity contribution is -0.384. The van der Waals surface area contributed by atoms with Crippen molar-refractivity contribution < 1.29 is 14.5 Å². The first kappa shape index (κ1) is 15.9. The standard InChI is InChI=1S/C13H14Cl2N2O4/c1-21-13(18)8-3-2-4-16(7-8)11-5-9(14)10(15)6-12(11)17(19)20/h5-6,8H,2-4,7H2,1H3. The second kappa shape index (κ2) is 6.49. The summed E-state index contributed by atoms with van der Waals surface area (Å²) in [7, 11) is 1.34. The largest absolute Gasteiger partial charge is 0.469 e. The molecule has 0 amide bonds. The summed E-state index contributed by atoms with van der Waals surface area (Å²) in [5.41, 5.74) is 0.262. The summed E-state index contributed by atoms with van der Waals surface area (Å²) < 4.78 is 4.75. The molecular weight excluding hydrogens is 319 g/mol. The first-order chi connectivity index (χ1) is 9.93. The number of ether oxygens (including phenoxy) is 1. The van der Waals surface area contributed by atoms with E-state index in [2.05, 4.69) is 0 Å². The lowest BCUT2D eigenvalue weighted by Crippen LogP contribution is -2.39. The second-order valence-electron chi connectivity index (χ2n) is 4.82. The molecule has 6 nitrogen and oxygen atoms in total. The molecule has 0 saturated carbocycles. The number of nitro groups is 1. The van der Waals surface area contributed by atoms with Crippen LogP contribution in [-0.4, -0.2) is 31.1 Å². The number of nitro benzene ring substituents is 1. The number of hydrogen-bond acceptors (Lipinski definition) is 5. The van der Waals surface area contributed by atoms with Gasteiger partial charge in [0.1, 0.15) is 5.69 Å². The zero-order valence-electron chi connectivity index (χ0n) is 11.3. The molecule has 0 spiro atoms. The van der Waals surface area contributed by atoms with Crippen LogP contribution >= 0.6 is 23.2 Å². The smallest absolute Gasteiger partial charge is 0.310 e. The Morgan fingerprint density at radius 2 is 2.10 bits per heavy atom. The molecule has 0 aromatic heterocycles. The van der Waals surface area contributed by atoms with Gasteiger partial charge in [0.05, 0.1) is 28.0 Å². The highest BCUT2D eigenvalue weighted by molar-refractivity contribution is 6.42. The van der Waals surface area contributed by atoms with Gasteiger partial charge in [-0.1, -0.05) is 23.2 Å². The number of esters is 1. The predicted molar refractivity (Wildman–Crippen MR) is 80.1 cm³/mol. The van der Waals surface area contributed by atoms with Crippen molar-refractivity contribution in [2.75, 3.05) is 25.1 Å². The van der Waals surface area contributed by atoms with Gasteiger partial charge in [0.25, 0.3) is 5.69 Å². The highest BCUT2D eigenvalue weighted by Crippen LogP contribution is 2.38. The molecule has 0 bridgehead atoms. The van der Waals surface area contributed by atoms with Crippen LogP contribution in [0.3, 0.4) is 0 Å². The normalized spacial score (nSPS) is 18.4. The molecule has 0 N–H and O–H groups in total. The lowest BCUT2D eigenvalue weighted by Gasteiger charge is -2.32. The highest BCUT2D eigenvalue weighted by Gasteiger charge is 2.30. The van der Waals surface area contributed by atoms with E-state index in [1.807, 2.05) is 0 Å². The SMILES string of the molecule is COC(=O)C1CCCN(c2cc(Cl)c(Cl)cc2[N+](=O)[O-])C1. The number of nitrogens with zero attached hydrogens (tertiary/aromatic N) is 2. The summed E-state index contributed by atoms with van der Waals surface area (Å²) in [4.78, 5) is 24.1. The van der Waals surface area contributed by atoms with Gasteiger partial charge in [-0.25, -0.2) is 0 Å². The van der Waals surface area contributed by atoms with Crippen LogP contribution in [0.15, 0.2) is 12.1 Å². The molecule has 1 fully saturated rings. The van der Waals surface area contributed by atoms with E-state index in [1.165, 1.54) is 19.2 Å². The molecule has 1 aromatic rings. The number of benzene rings is 1. The molecule has 1 saturated heterocycles. The van der Waals surface area contributed by atoms with E-state index >= 15 is 0 Å². The molecule has 1 atom stereocenters. The molecule has 114 valence electrons. The van der Waals surface area contributed by atoms with Gasteiger partial charge >= 0.3 is 5.97 Å². The van der Waals surface area contributed by atoms with Crippen LogP contribution in [0, 0.1) is 16.0 Å². The Balaban J connectivity index is 2.34. The Kier molecular flexibility index (Phi) is 4.90. The Morgan fingerprint density at radius 3 is 2.71 bits per heavy atom. The van der Waals surface area contributed by atoms with Crippen LogP contribution in [0.5, 0.6) is 0 Å². The third-order valence-electron chi connectivity index (χ3n) is 3.51. The fourth-order valence-electron chi connectivity index (χ4n) is 2.48. The van der Waals surface area contributed by atoms with Gasteiger partial charge in [0.2, 0.25) is 0 Å². The second-order valence-corrected chi connectivity index (χ2v) is 5.63. The third kappa shape index (κ3) is 3.39. The summed E-state index contributed by atoms with van der Waals surface area (Å²) in [5.74, 6) is -0.597. The van der Waals surface area contributed by atoms with E-state index in [0.717, 1.165) is 6.42 Å². The van der Waals surface area contributed by atoms with Crippen LogP contribution in [0.4, 0.5) is 11.4 Å². The van der Waals surface area contributed by atoms with Gasteiger partial charge in [-0.05, 0) is 18.9 Å². The number of rotatable bonds is 3. The van der Waals surface area contributed by atoms with E-state index in [-0.39, 0.29) is 27.6 Å². The molecule has 8 heteroatoms. The van der Waals surface area contributed by atoms with E-state index in [9.17, 15) is 14.9 Å². The number of carbonyl (C=O) groups excluding carboxylic acids is 1. The third-order valence-corrected chi connectivity index (χ3v) is 4.23. The average molecular weight is 333 g/mol. The first-order valence-corrected chi connectivity index (χ1v) is 7.16. The molecule has 1 aromatic carbocycles. The minimum absolute atomic E-state index is 0.116. The molecule has 1 unspecified atom stereocenters. The molecular formula is C13H14Cl2N2O4. The minimum atomic E-state index is -0.501.